The van der Waals surface area contributed by atoms with Gasteiger partial charge >= 0.3 is 0 Å². The molecule has 108 valence electrons. The molecule has 5 nitrogen and oxygen atoms in total. The number of hydrogen-bond acceptors (Lipinski definition) is 3. The molecule has 0 aromatic heterocycles. The number of carbonyl (C=O) groups is 2. The number of rotatable bonds is 5. The Bertz CT molecular complexity index is 507. The molecule has 1 aliphatic heterocycles. The first kappa shape index (κ1) is 14.8. The molecule has 0 radical (unpaired) electrons. The van der Waals surface area contributed by atoms with E-state index in [1.807, 2.05) is 0 Å². The van der Waals surface area contributed by atoms with Crippen molar-refractivity contribution in [3.63, 3.8) is 0 Å². The van der Waals surface area contributed by atoms with Crippen LogP contribution >= 0.6 is 11.6 Å². The van der Waals surface area contributed by atoms with E-state index in [4.69, 9.17) is 16.3 Å². The number of halogens is 1. The van der Waals surface area contributed by atoms with E-state index in [0.717, 1.165) is 0 Å². The lowest BCUT2D eigenvalue weighted by Gasteiger charge is -2.16. The summed E-state index contributed by atoms with van der Waals surface area (Å²) in [6.07, 6.45) is 0.236. The number of nitrogens with zero attached hydrogens (tertiary/aromatic N) is 1. The topological polar surface area (TPSA) is 58.6 Å². The van der Waals surface area contributed by atoms with Crippen LogP contribution in [0.15, 0.2) is 24.3 Å². The van der Waals surface area contributed by atoms with Crippen LogP contribution in [-0.4, -0.2) is 43.5 Å². The minimum absolute atomic E-state index is 0.0126. The molecular weight excluding hydrogens is 280 g/mol. The zero-order valence-electron chi connectivity index (χ0n) is 11.3. The molecule has 1 aliphatic rings. The SMILES string of the molecule is COCCN1C[C@@H](C(=O)Nc2ccccc2Cl)CC1=O. The first-order valence-electron chi connectivity index (χ1n) is 6.44. The molecule has 1 N–H and O–H groups in total. The van der Waals surface area contributed by atoms with E-state index >= 15 is 0 Å². The molecule has 1 aromatic carbocycles. The van der Waals surface area contributed by atoms with Gasteiger partial charge in [0.05, 0.1) is 23.2 Å². The Morgan fingerprint density at radius 1 is 1.50 bits per heavy atom. The van der Waals surface area contributed by atoms with Gasteiger partial charge in [-0.2, -0.15) is 0 Å². The summed E-state index contributed by atoms with van der Waals surface area (Å²) in [6, 6.07) is 7.04. The predicted molar refractivity (Wildman–Crippen MR) is 76.6 cm³/mol. The average Bonchev–Trinajstić information content (AvgIpc) is 2.80. The van der Waals surface area contributed by atoms with Crippen LogP contribution in [0, 0.1) is 5.92 Å². The number of hydrogen-bond donors (Lipinski definition) is 1. The Balaban J connectivity index is 1.94. The van der Waals surface area contributed by atoms with Gasteiger partial charge < -0.3 is 15.0 Å². The second-order valence-electron chi connectivity index (χ2n) is 4.70. The Labute approximate surface area is 122 Å². The van der Waals surface area contributed by atoms with Gasteiger partial charge in [-0.15, -0.1) is 0 Å². The van der Waals surface area contributed by atoms with Crippen LogP contribution in [0.5, 0.6) is 0 Å². The normalized spacial score (nSPS) is 18.4. The van der Waals surface area contributed by atoms with E-state index in [0.29, 0.717) is 30.4 Å². The number of nitrogens with one attached hydrogen (secondary N) is 1. The Hall–Kier alpha value is -1.59. The number of benzene rings is 1. The predicted octanol–water partition coefficient (Wildman–Crippen LogP) is 1.77. The monoisotopic (exact) mass is 296 g/mol. The third-order valence-corrected chi connectivity index (χ3v) is 3.61. The summed E-state index contributed by atoms with van der Waals surface area (Å²) >= 11 is 5.99. The molecule has 20 heavy (non-hydrogen) atoms. The number of anilines is 1. The van der Waals surface area contributed by atoms with Crippen LogP contribution in [0.4, 0.5) is 5.69 Å². The summed E-state index contributed by atoms with van der Waals surface area (Å²) < 4.78 is 4.95. The van der Waals surface area contributed by atoms with Crippen molar-refractivity contribution in [3.8, 4) is 0 Å². The highest BCUT2D eigenvalue weighted by atomic mass is 35.5. The molecule has 1 atom stereocenters. The molecule has 0 unspecified atom stereocenters. The van der Waals surface area contributed by atoms with Gasteiger partial charge in [0.1, 0.15) is 0 Å². The zero-order chi connectivity index (χ0) is 14.5. The first-order chi connectivity index (χ1) is 9.61. The van der Waals surface area contributed by atoms with Crippen molar-refractivity contribution in [2.45, 2.75) is 6.42 Å². The molecule has 1 fully saturated rings. The van der Waals surface area contributed by atoms with E-state index < -0.39 is 0 Å². The van der Waals surface area contributed by atoms with Gasteiger partial charge in [-0.3, -0.25) is 9.59 Å². The zero-order valence-corrected chi connectivity index (χ0v) is 12.0. The minimum atomic E-state index is -0.337. The molecule has 0 saturated carbocycles. The maximum absolute atomic E-state index is 12.2. The molecular formula is C14H17ClN2O3. The van der Waals surface area contributed by atoms with Crippen molar-refractivity contribution in [1.82, 2.24) is 4.90 Å². The quantitative estimate of drug-likeness (QED) is 0.901. The molecule has 0 aliphatic carbocycles. The van der Waals surface area contributed by atoms with Crippen LogP contribution in [0.1, 0.15) is 6.42 Å². The summed E-state index contributed by atoms with van der Waals surface area (Å²) in [6.45, 7) is 1.42. The van der Waals surface area contributed by atoms with Crippen molar-refractivity contribution >= 4 is 29.1 Å². The van der Waals surface area contributed by atoms with Gasteiger partial charge in [0.15, 0.2) is 0 Å². The van der Waals surface area contributed by atoms with Crippen molar-refractivity contribution in [3.05, 3.63) is 29.3 Å². The number of para-hydroxylation sites is 1. The fraction of sp³-hybridized carbons (Fsp3) is 0.429. The lowest BCUT2D eigenvalue weighted by atomic mass is 10.1. The maximum Gasteiger partial charge on any atom is 0.229 e. The highest BCUT2D eigenvalue weighted by Crippen LogP contribution is 2.24. The van der Waals surface area contributed by atoms with Crippen LogP contribution in [0.2, 0.25) is 5.02 Å². The van der Waals surface area contributed by atoms with Crippen LogP contribution in [0.25, 0.3) is 0 Å². The van der Waals surface area contributed by atoms with E-state index in [1.54, 1.807) is 36.3 Å². The summed E-state index contributed by atoms with van der Waals surface area (Å²) in [5.41, 5.74) is 0.571. The number of carbonyl (C=O) groups excluding carboxylic acids is 2. The van der Waals surface area contributed by atoms with E-state index in [2.05, 4.69) is 5.32 Å². The number of methoxy groups -OCH3 is 1. The van der Waals surface area contributed by atoms with Gasteiger partial charge in [0.25, 0.3) is 0 Å². The van der Waals surface area contributed by atoms with E-state index in [9.17, 15) is 9.59 Å². The molecule has 1 aromatic rings. The van der Waals surface area contributed by atoms with Gasteiger partial charge in [-0.05, 0) is 12.1 Å². The van der Waals surface area contributed by atoms with Gasteiger partial charge in [0.2, 0.25) is 11.8 Å². The molecule has 2 rings (SSSR count). The summed E-state index contributed by atoms with van der Waals surface area (Å²) in [4.78, 5) is 25.6. The van der Waals surface area contributed by atoms with Crippen molar-refractivity contribution < 1.29 is 14.3 Å². The maximum atomic E-state index is 12.2. The van der Waals surface area contributed by atoms with E-state index in [-0.39, 0.29) is 24.2 Å². The number of likely N-dealkylation sites (tertiary alicyclic amines) is 1. The first-order valence-corrected chi connectivity index (χ1v) is 6.81. The number of ether oxygens (including phenoxy) is 1. The largest absolute Gasteiger partial charge is 0.383 e. The summed E-state index contributed by atoms with van der Waals surface area (Å²) in [5, 5.41) is 3.26. The van der Waals surface area contributed by atoms with Gasteiger partial charge in [-0.25, -0.2) is 0 Å². The van der Waals surface area contributed by atoms with Gasteiger partial charge in [-0.1, -0.05) is 23.7 Å². The molecule has 1 saturated heterocycles. The lowest BCUT2D eigenvalue weighted by molar-refractivity contribution is -0.128. The molecule has 2 amide bonds. The second kappa shape index (κ2) is 6.72. The third-order valence-electron chi connectivity index (χ3n) is 3.28. The van der Waals surface area contributed by atoms with Crippen molar-refractivity contribution in [2.75, 3.05) is 32.1 Å². The fourth-order valence-electron chi connectivity index (χ4n) is 2.16. The highest BCUT2D eigenvalue weighted by Gasteiger charge is 2.34. The van der Waals surface area contributed by atoms with Crippen LogP contribution in [0.3, 0.4) is 0 Å². The molecule has 6 heteroatoms. The van der Waals surface area contributed by atoms with E-state index in [1.165, 1.54) is 0 Å². The van der Waals surface area contributed by atoms with Crippen LogP contribution in [-0.2, 0) is 14.3 Å². The standard InChI is InChI=1S/C14H17ClN2O3/c1-20-7-6-17-9-10(8-13(17)18)14(19)16-12-5-3-2-4-11(12)15/h2-5,10H,6-9H2,1H3,(H,16,19)/t10-/m0/s1. The average molecular weight is 297 g/mol. The summed E-state index contributed by atoms with van der Waals surface area (Å²) in [7, 11) is 1.59. The lowest BCUT2D eigenvalue weighted by Crippen LogP contribution is -2.30. The minimum Gasteiger partial charge on any atom is -0.383 e. The molecule has 1 heterocycles. The smallest absolute Gasteiger partial charge is 0.229 e. The fourth-order valence-corrected chi connectivity index (χ4v) is 2.35. The second-order valence-corrected chi connectivity index (χ2v) is 5.11. The van der Waals surface area contributed by atoms with Crippen molar-refractivity contribution in [1.29, 1.82) is 0 Å². The Morgan fingerprint density at radius 3 is 2.95 bits per heavy atom. The summed E-state index contributed by atoms with van der Waals surface area (Å²) in [5.74, 6) is -0.525. The van der Waals surface area contributed by atoms with Gasteiger partial charge in [0, 0.05) is 26.6 Å². The highest BCUT2D eigenvalue weighted by molar-refractivity contribution is 6.33. The number of amides is 2. The molecule has 0 bridgehead atoms. The van der Waals surface area contributed by atoms with Crippen LogP contribution < -0.4 is 5.32 Å². The van der Waals surface area contributed by atoms with Crippen molar-refractivity contribution in [2.24, 2.45) is 5.92 Å². The molecule has 0 spiro atoms. The third kappa shape index (κ3) is 3.49. The Kier molecular flexibility index (Phi) is 4.98. The Morgan fingerprint density at radius 2 is 2.25 bits per heavy atom.